The third-order valence-electron chi connectivity index (χ3n) is 3.47. The first-order valence-corrected chi connectivity index (χ1v) is 7.22. The van der Waals surface area contributed by atoms with Gasteiger partial charge in [0.25, 0.3) is 0 Å². The number of aromatic nitrogens is 2. The van der Waals surface area contributed by atoms with Gasteiger partial charge in [-0.1, -0.05) is 12.1 Å². The Morgan fingerprint density at radius 3 is 3.00 bits per heavy atom. The Bertz CT molecular complexity index is 778. The molecule has 1 aromatic heterocycles. The summed E-state index contributed by atoms with van der Waals surface area (Å²) in [5, 5.41) is 13.8. The number of rotatable bonds is 5. The molecule has 0 bridgehead atoms. The number of hydrogen-bond donors (Lipinski definition) is 1. The van der Waals surface area contributed by atoms with E-state index in [0.717, 1.165) is 0 Å². The summed E-state index contributed by atoms with van der Waals surface area (Å²) in [6.07, 6.45) is -3.46. The predicted octanol–water partition coefficient (Wildman–Crippen LogP) is 2.24. The van der Waals surface area contributed by atoms with Crippen LogP contribution in [0.1, 0.15) is 5.56 Å². The molecule has 134 valence electrons. The van der Waals surface area contributed by atoms with Crippen LogP contribution < -0.4 is 14.8 Å². The highest BCUT2D eigenvalue weighted by atomic mass is 19.4. The SMILES string of the molecule is O=[N+]([O-])c1cn2c(n1)OC[C@H](NCc1cccc(OC(F)(F)F)c1)C2. The highest BCUT2D eigenvalue weighted by Crippen LogP contribution is 2.24. The number of imidazole rings is 1. The van der Waals surface area contributed by atoms with Gasteiger partial charge < -0.3 is 24.9 Å². The molecule has 8 nitrogen and oxygen atoms in total. The first-order chi connectivity index (χ1) is 11.8. The molecular formula is C14H13F3N4O4. The van der Waals surface area contributed by atoms with Crippen LogP contribution in [0.25, 0.3) is 0 Å². The molecule has 1 N–H and O–H groups in total. The number of nitro groups is 1. The average molecular weight is 358 g/mol. The topological polar surface area (TPSA) is 91.5 Å². The summed E-state index contributed by atoms with van der Waals surface area (Å²) in [4.78, 5) is 13.8. The quantitative estimate of drug-likeness (QED) is 0.651. The summed E-state index contributed by atoms with van der Waals surface area (Å²) >= 11 is 0. The Kier molecular flexibility index (Phi) is 4.49. The van der Waals surface area contributed by atoms with E-state index in [-0.39, 0.29) is 36.8 Å². The highest BCUT2D eigenvalue weighted by molar-refractivity contribution is 5.28. The van der Waals surface area contributed by atoms with Gasteiger partial charge in [-0.15, -0.1) is 13.2 Å². The van der Waals surface area contributed by atoms with Gasteiger partial charge in [-0.3, -0.25) is 4.57 Å². The normalized spacial score (nSPS) is 16.8. The monoisotopic (exact) mass is 358 g/mol. The minimum absolute atomic E-state index is 0.172. The fraction of sp³-hybridized carbons (Fsp3) is 0.357. The van der Waals surface area contributed by atoms with E-state index in [0.29, 0.717) is 12.1 Å². The molecule has 0 aliphatic carbocycles. The van der Waals surface area contributed by atoms with E-state index in [1.807, 2.05) is 0 Å². The molecule has 0 amide bonds. The number of benzene rings is 1. The second-order valence-electron chi connectivity index (χ2n) is 5.38. The van der Waals surface area contributed by atoms with Gasteiger partial charge in [0.2, 0.25) is 0 Å². The molecule has 0 unspecified atom stereocenters. The van der Waals surface area contributed by atoms with E-state index in [1.165, 1.54) is 29.0 Å². The standard InChI is InChI=1S/C14H13F3N4O4/c15-14(16,17)25-11-3-1-2-9(4-11)5-18-10-6-20-7-12(21(22)23)19-13(20)24-8-10/h1-4,7,10,18H,5-6,8H2/t10-/m1/s1. The lowest BCUT2D eigenvalue weighted by Crippen LogP contribution is -2.41. The smallest absolute Gasteiger partial charge is 0.444 e. The number of ether oxygens (including phenoxy) is 2. The van der Waals surface area contributed by atoms with Crippen LogP contribution in [0, 0.1) is 10.1 Å². The number of nitrogens with one attached hydrogen (secondary N) is 1. The Balaban J connectivity index is 1.59. The fourth-order valence-corrected chi connectivity index (χ4v) is 2.42. The van der Waals surface area contributed by atoms with E-state index in [4.69, 9.17) is 4.74 Å². The van der Waals surface area contributed by atoms with Crippen molar-refractivity contribution < 1.29 is 27.6 Å². The van der Waals surface area contributed by atoms with E-state index in [9.17, 15) is 23.3 Å². The van der Waals surface area contributed by atoms with Crippen LogP contribution >= 0.6 is 0 Å². The van der Waals surface area contributed by atoms with E-state index in [2.05, 4.69) is 15.0 Å². The van der Waals surface area contributed by atoms with Crippen molar-refractivity contribution in [1.29, 1.82) is 0 Å². The van der Waals surface area contributed by atoms with Gasteiger partial charge in [0.05, 0.1) is 6.04 Å². The lowest BCUT2D eigenvalue weighted by molar-refractivity contribution is -0.389. The van der Waals surface area contributed by atoms with Crippen LogP contribution in [-0.4, -0.2) is 33.5 Å². The molecule has 2 aromatic rings. The molecule has 0 radical (unpaired) electrons. The minimum Gasteiger partial charge on any atom is -0.444 e. The number of fused-ring (bicyclic) bond motifs is 1. The van der Waals surface area contributed by atoms with Crippen molar-refractivity contribution in [3.05, 3.63) is 46.1 Å². The summed E-state index contributed by atoms with van der Waals surface area (Å²) in [5.74, 6) is -0.591. The second-order valence-corrected chi connectivity index (χ2v) is 5.38. The van der Waals surface area contributed by atoms with Crippen molar-refractivity contribution in [3.63, 3.8) is 0 Å². The lowest BCUT2D eigenvalue weighted by atomic mass is 10.2. The zero-order valence-corrected chi connectivity index (χ0v) is 12.7. The van der Waals surface area contributed by atoms with Crippen molar-refractivity contribution in [2.24, 2.45) is 0 Å². The Hall–Kier alpha value is -2.82. The second kappa shape index (κ2) is 6.59. The lowest BCUT2D eigenvalue weighted by Gasteiger charge is -2.23. The summed E-state index contributed by atoms with van der Waals surface area (Å²) in [6.45, 7) is 0.928. The Labute approximate surface area is 139 Å². The molecule has 1 atom stereocenters. The summed E-state index contributed by atoms with van der Waals surface area (Å²) < 4.78 is 47.5. The van der Waals surface area contributed by atoms with Crippen molar-refractivity contribution in [2.45, 2.75) is 25.5 Å². The maximum absolute atomic E-state index is 12.2. The van der Waals surface area contributed by atoms with Crippen LogP contribution in [0.5, 0.6) is 11.8 Å². The van der Waals surface area contributed by atoms with E-state index >= 15 is 0 Å². The predicted molar refractivity (Wildman–Crippen MR) is 78.1 cm³/mol. The minimum atomic E-state index is -4.74. The van der Waals surface area contributed by atoms with Crippen LogP contribution in [0.2, 0.25) is 0 Å². The van der Waals surface area contributed by atoms with Gasteiger partial charge in [-0.05, 0) is 22.6 Å². The Morgan fingerprint density at radius 1 is 1.48 bits per heavy atom. The van der Waals surface area contributed by atoms with Crippen LogP contribution in [0.15, 0.2) is 30.5 Å². The maximum Gasteiger partial charge on any atom is 0.573 e. The molecule has 25 heavy (non-hydrogen) atoms. The van der Waals surface area contributed by atoms with Gasteiger partial charge in [-0.2, -0.15) is 0 Å². The van der Waals surface area contributed by atoms with Gasteiger partial charge in [0, 0.05) is 18.1 Å². The molecule has 11 heteroatoms. The molecule has 0 saturated heterocycles. The molecule has 3 rings (SSSR count). The molecule has 1 aliphatic rings. The maximum atomic E-state index is 12.2. The number of hydrogen-bond acceptors (Lipinski definition) is 6. The van der Waals surface area contributed by atoms with E-state index in [1.54, 1.807) is 6.07 Å². The van der Waals surface area contributed by atoms with Crippen molar-refractivity contribution >= 4 is 5.82 Å². The van der Waals surface area contributed by atoms with Crippen molar-refractivity contribution in [3.8, 4) is 11.8 Å². The van der Waals surface area contributed by atoms with Gasteiger partial charge in [0.15, 0.2) is 0 Å². The molecular weight excluding hydrogens is 345 g/mol. The van der Waals surface area contributed by atoms with Crippen molar-refractivity contribution in [2.75, 3.05) is 6.61 Å². The van der Waals surface area contributed by atoms with Crippen LogP contribution in [-0.2, 0) is 13.1 Å². The fourth-order valence-electron chi connectivity index (χ4n) is 2.42. The van der Waals surface area contributed by atoms with Crippen LogP contribution in [0.3, 0.4) is 0 Å². The molecule has 1 aromatic carbocycles. The molecule has 0 spiro atoms. The Morgan fingerprint density at radius 2 is 2.28 bits per heavy atom. The summed E-state index contributed by atoms with van der Waals surface area (Å²) in [5.41, 5.74) is 0.601. The first kappa shape index (κ1) is 17.0. The van der Waals surface area contributed by atoms with Gasteiger partial charge in [-0.25, -0.2) is 0 Å². The summed E-state index contributed by atoms with van der Waals surface area (Å²) in [6, 6.07) is 5.63. The van der Waals surface area contributed by atoms with E-state index < -0.39 is 11.3 Å². The largest absolute Gasteiger partial charge is 0.573 e. The molecule has 2 heterocycles. The number of nitrogens with zero attached hydrogens (tertiary/aromatic N) is 3. The number of halogens is 3. The molecule has 0 fully saturated rings. The number of alkyl halides is 3. The third-order valence-corrected chi connectivity index (χ3v) is 3.47. The molecule has 0 saturated carbocycles. The highest BCUT2D eigenvalue weighted by Gasteiger charge is 2.31. The van der Waals surface area contributed by atoms with Gasteiger partial charge >= 0.3 is 18.2 Å². The zero-order valence-electron chi connectivity index (χ0n) is 12.7. The zero-order chi connectivity index (χ0) is 18.0. The van der Waals surface area contributed by atoms with Crippen molar-refractivity contribution in [1.82, 2.24) is 14.9 Å². The average Bonchev–Trinajstić information content (AvgIpc) is 2.95. The van der Waals surface area contributed by atoms with Gasteiger partial charge in [0.1, 0.15) is 18.6 Å². The summed E-state index contributed by atoms with van der Waals surface area (Å²) in [7, 11) is 0. The first-order valence-electron chi connectivity index (χ1n) is 7.22. The third kappa shape index (κ3) is 4.38. The van der Waals surface area contributed by atoms with Crippen LogP contribution in [0.4, 0.5) is 19.0 Å². The molecule has 1 aliphatic heterocycles.